The number of rotatable bonds is 6. The molecule has 8 heteroatoms. The van der Waals surface area contributed by atoms with Gasteiger partial charge in [0, 0.05) is 10.6 Å². The van der Waals surface area contributed by atoms with Gasteiger partial charge in [0.05, 0.1) is 31.4 Å². The standard InChI is InChI=1S/C22H19ClN2O4S/c1-28-19-9-8-16(23)11-18(19)24-21(27)14-4-6-15(7-5-14)22-25(20(26)13-30-22)12-17-3-2-10-29-17/h2-11,22H,12-13H2,1H3,(H,24,27)/t22-/m0/s1. The molecule has 3 aromatic rings. The van der Waals surface area contributed by atoms with Crippen LogP contribution in [0.1, 0.15) is 27.1 Å². The molecule has 154 valence electrons. The number of halogens is 1. The Morgan fingerprint density at radius 2 is 2.07 bits per heavy atom. The van der Waals surface area contributed by atoms with Crippen LogP contribution < -0.4 is 10.1 Å². The zero-order chi connectivity index (χ0) is 21.1. The second-order valence-electron chi connectivity index (χ2n) is 6.69. The third kappa shape index (κ3) is 4.32. The fourth-order valence-corrected chi connectivity index (χ4v) is 4.60. The Balaban J connectivity index is 1.49. The molecule has 2 amide bonds. The SMILES string of the molecule is COc1ccc(Cl)cc1NC(=O)c1ccc([C@@H]2SCC(=O)N2Cc2ccco2)cc1. The van der Waals surface area contributed by atoms with Crippen molar-refractivity contribution in [1.82, 2.24) is 4.90 Å². The molecule has 2 aromatic carbocycles. The third-order valence-electron chi connectivity index (χ3n) is 4.74. The molecule has 0 spiro atoms. The van der Waals surface area contributed by atoms with Crippen LogP contribution in [0.3, 0.4) is 0 Å². The van der Waals surface area contributed by atoms with Gasteiger partial charge in [-0.05, 0) is 48.0 Å². The van der Waals surface area contributed by atoms with Crippen molar-refractivity contribution >= 4 is 40.9 Å². The molecule has 0 saturated carbocycles. The smallest absolute Gasteiger partial charge is 0.255 e. The number of benzene rings is 2. The van der Waals surface area contributed by atoms with Crippen LogP contribution in [0.2, 0.25) is 5.02 Å². The maximum absolute atomic E-state index is 12.7. The summed E-state index contributed by atoms with van der Waals surface area (Å²) in [5.74, 6) is 1.48. The van der Waals surface area contributed by atoms with E-state index in [4.69, 9.17) is 20.8 Å². The number of thioether (sulfide) groups is 1. The molecule has 0 aliphatic carbocycles. The minimum atomic E-state index is -0.273. The van der Waals surface area contributed by atoms with Crippen molar-refractivity contribution in [2.24, 2.45) is 0 Å². The van der Waals surface area contributed by atoms with Crippen molar-refractivity contribution < 1.29 is 18.7 Å². The van der Waals surface area contributed by atoms with Crippen molar-refractivity contribution in [3.63, 3.8) is 0 Å². The first-order chi connectivity index (χ1) is 14.5. The largest absolute Gasteiger partial charge is 0.495 e. The number of carbonyl (C=O) groups is 2. The van der Waals surface area contributed by atoms with Gasteiger partial charge in [-0.25, -0.2) is 0 Å². The lowest BCUT2D eigenvalue weighted by molar-refractivity contribution is -0.128. The Bertz CT molecular complexity index is 1050. The first-order valence-electron chi connectivity index (χ1n) is 9.23. The predicted octanol–water partition coefficient (Wildman–Crippen LogP) is 4.97. The molecule has 1 fully saturated rings. The molecule has 0 unspecified atom stereocenters. The normalized spacial score (nSPS) is 16.0. The summed E-state index contributed by atoms with van der Waals surface area (Å²) >= 11 is 7.58. The van der Waals surface area contributed by atoms with Crippen LogP contribution in [0, 0.1) is 0 Å². The molecule has 30 heavy (non-hydrogen) atoms. The minimum absolute atomic E-state index is 0.0660. The Hall–Kier alpha value is -2.90. The molecule has 1 saturated heterocycles. The Kier molecular flexibility index (Phi) is 6.01. The second-order valence-corrected chi connectivity index (χ2v) is 8.19. The van der Waals surface area contributed by atoms with Gasteiger partial charge in [0.25, 0.3) is 5.91 Å². The fourth-order valence-electron chi connectivity index (χ4n) is 3.24. The lowest BCUT2D eigenvalue weighted by Crippen LogP contribution is -2.27. The highest BCUT2D eigenvalue weighted by Gasteiger charge is 2.33. The maximum Gasteiger partial charge on any atom is 0.255 e. The van der Waals surface area contributed by atoms with Crippen LogP contribution in [0.4, 0.5) is 5.69 Å². The molecular weight excluding hydrogens is 424 g/mol. The van der Waals surface area contributed by atoms with Crippen LogP contribution >= 0.6 is 23.4 Å². The Morgan fingerprint density at radius 1 is 1.27 bits per heavy atom. The zero-order valence-corrected chi connectivity index (χ0v) is 17.7. The Labute approximate surface area is 183 Å². The van der Waals surface area contributed by atoms with Crippen molar-refractivity contribution in [1.29, 1.82) is 0 Å². The monoisotopic (exact) mass is 442 g/mol. The van der Waals surface area contributed by atoms with Gasteiger partial charge in [0.1, 0.15) is 16.9 Å². The molecule has 1 N–H and O–H groups in total. The van der Waals surface area contributed by atoms with E-state index in [0.717, 1.165) is 11.3 Å². The number of furan rings is 1. The topological polar surface area (TPSA) is 71.8 Å². The van der Waals surface area contributed by atoms with Gasteiger partial charge in [-0.15, -0.1) is 11.8 Å². The first-order valence-corrected chi connectivity index (χ1v) is 10.7. The summed E-state index contributed by atoms with van der Waals surface area (Å²) in [6.45, 7) is 0.417. The second kappa shape index (κ2) is 8.85. The summed E-state index contributed by atoms with van der Waals surface area (Å²) in [6.07, 6.45) is 1.60. The summed E-state index contributed by atoms with van der Waals surface area (Å²) in [6, 6.07) is 15.9. The Morgan fingerprint density at radius 3 is 2.77 bits per heavy atom. The van der Waals surface area contributed by atoms with E-state index in [-0.39, 0.29) is 17.2 Å². The highest BCUT2D eigenvalue weighted by molar-refractivity contribution is 8.00. The molecule has 1 aliphatic heterocycles. The van der Waals surface area contributed by atoms with Gasteiger partial charge < -0.3 is 19.4 Å². The summed E-state index contributed by atoms with van der Waals surface area (Å²) in [7, 11) is 1.53. The van der Waals surface area contributed by atoms with E-state index in [1.807, 2.05) is 18.2 Å². The van der Waals surface area contributed by atoms with E-state index in [9.17, 15) is 9.59 Å². The quantitative estimate of drug-likeness (QED) is 0.583. The van der Waals surface area contributed by atoms with E-state index in [0.29, 0.717) is 34.3 Å². The summed E-state index contributed by atoms with van der Waals surface area (Å²) in [5.41, 5.74) is 1.95. The number of hydrogen-bond acceptors (Lipinski definition) is 5. The van der Waals surface area contributed by atoms with Gasteiger partial charge in [-0.2, -0.15) is 0 Å². The molecule has 0 bridgehead atoms. The highest BCUT2D eigenvalue weighted by Crippen LogP contribution is 2.39. The van der Waals surface area contributed by atoms with Crippen LogP contribution in [-0.2, 0) is 11.3 Å². The van der Waals surface area contributed by atoms with E-state index < -0.39 is 0 Å². The molecule has 1 atom stereocenters. The van der Waals surface area contributed by atoms with E-state index in [1.165, 1.54) is 7.11 Å². The van der Waals surface area contributed by atoms with Gasteiger partial charge in [-0.3, -0.25) is 9.59 Å². The molecule has 1 aromatic heterocycles. The third-order valence-corrected chi connectivity index (χ3v) is 6.23. The number of anilines is 1. The van der Waals surface area contributed by atoms with Crippen LogP contribution in [0.5, 0.6) is 5.75 Å². The lowest BCUT2D eigenvalue weighted by atomic mass is 10.1. The number of nitrogens with one attached hydrogen (secondary N) is 1. The molecule has 0 radical (unpaired) electrons. The van der Waals surface area contributed by atoms with Gasteiger partial charge in [-0.1, -0.05) is 23.7 Å². The summed E-state index contributed by atoms with van der Waals surface area (Å²) < 4.78 is 10.7. The number of methoxy groups -OCH3 is 1. The molecule has 1 aliphatic rings. The van der Waals surface area contributed by atoms with Crippen molar-refractivity contribution in [2.45, 2.75) is 11.9 Å². The minimum Gasteiger partial charge on any atom is -0.495 e. The fraction of sp³-hybridized carbons (Fsp3) is 0.182. The van der Waals surface area contributed by atoms with Gasteiger partial charge >= 0.3 is 0 Å². The van der Waals surface area contributed by atoms with E-state index in [1.54, 1.807) is 59.3 Å². The van der Waals surface area contributed by atoms with Gasteiger partial charge in [0.15, 0.2) is 0 Å². The number of ether oxygens (including phenoxy) is 1. The van der Waals surface area contributed by atoms with E-state index in [2.05, 4.69) is 5.32 Å². The van der Waals surface area contributed by atoms with Crippen molar-refractivity contribution in [2.75, 3.05) is 18.2 Å². The van der Waals surface area contributed by atoms with Crippen LogP contribution in [-0.4, -0.2) is 29.6 Å². The number of carbonyl (C=O) groups excluding carboxylic acids is 2. The van der Waals surface area contributed by atoms with Crippen LogP contribution in [0.25, 0.3) is 0 Å². The summed E-state index contributed by atoms with van der Waals surface area (Å²) in [4.78, 5) is 26.8. The van der Waals surface area contributed by atoms with Crippen molar-refractivity contribution in [3.8, 4) is 5.75 Å². The average molecular weight is 443 g/mol. The van der Waals surface area contributed by atoms with E-state index >= 15 is 0 Å². The maximum atomic E-state index is 12.7. The lowest BCUT2D eigenvalue weighted by Gasteiger charge is -2.23. The number of hydrogen-bond donors (Lipinski definition) is 1. The molecular formula is C22H19ClN2O4S. The van der Waals surface area contributed by atoms with Crippen molar-refractivity contribution in [3.05, 3.63) is 82.8 Å². The summed E-state index contributed by atoms with van der Waals surface area (Å²) in [5, 5.41) is 3.21. The predicted molar refractivity (Wildman–Crippen MR) is 117 cm³/mol. The zero-order valence-electron chi connectivity index (χ0n) is 16.1. The molecule has 2 heterocycles. The average Bonchev–Trinajstić information content (AvgIpc) is 3.39. The molecule has 4 rings (SSSR count). The molecule has 6 nitrogen and oxygen atoms in total. The number of amides is 2. The first kappa shape index (κ1) is 20.4. The number of nitrogens with zero attached hydrogens (tertiary/aromatic N) is 1. The van der Waals surface area contributed by atoms with Gasteiger partial charge in [0.2, 0.25) is 5.91 Å². The highest BCUT2D eigenvalue weighted by atomic mass is 35.5. The van der Waals surface area contributed by atoms with Crippen LogP contribution in [0.15, 0.2) is 65.3 Å².